The van der Waals surface area contributed by atoms with Gasteiger partial charge >= 0.3 is 5.97 Å². The molecule has 2 aromatic heterocycles. The van der Waals surface area contributed by atoms with E-state index >= 15 is 0 Å². The third kappa shape index (κ3) is 18.5. The first-order chi connectivity index (χ1) is 19.3. The van der Waals surface area contributed by atoms with Gasteiger partial charge < -0.3 is 27.0 Å². The van der Waals surface area contributed by atoms with E-state index in [0.29, 0.717) is 36.7 Å². The van der Waals surface area contributed by atoms with Crippen molar-refractivity contribution in [1.29, 1.82) is 0 Å². The Balaban J connectivity index is 0.000000695. The van der Waals surface area contributed by atoms with Crippen molar-refractivity contribution in [3.63, 3.8) is 0 Å². The van der Waals surface area contributed by atoms with Crippen LogP contribution in [0.15, 0.2) is 35.3 Å². The summed E-state index contributed by atoms with van der Waals surface area (Å²) in [5, 5.41) is 19.4. The maximum Gasteiger partial charge on any atom is 0.303 e. The number of hydrogen-bond donors (Lipinski definition) is 6. The lowest BCUT2D eigenvalue weighted by atomic mass is 10.2. The number of nitrogens with one attached hydrogen (secondary N) is 2. The first kappa shape index (κ1) is 36.6. The summed E-state index contributed by atoms with van der Waals surface area (Å²) in [7, 11) is 0. The van der Waals surface area contributed by atoms with Crippen molar-refractivity contribution in [3.05, 3.63) is 52.1 Å². The second kappa shape index (κ2) is 20.5. The molecule has 0 aliphatic heterocycles. The van der Waals surface area contributed by atoms with Gasteiger partial charge in [-0.25, -0.2) is 9.97 Å². The third-order valence-electron chi connectivity index (χ3n) is 4.53. The number of hydrogen-bond acceptors (Lipinski definition) is 10. The highest BCUT2D eigenvalue weighted by Gasteiger charge is 2.06. The molecule has 0 spiro atoms. The van der Waals surface area contributed by atoms with Crippen LogP contribution in [0.4, 0.5) is 11.6 Å². The number of benzene rings is 1. The predicted octanol–water partition coefficient (Wildman–Crippen LogP) is 3.13. The smallest absolute Gasteiger partial charge is 0.303 e. The highest BCUT2D eigenvalue weighted by atomic mass is 16.4. The second-order valence-electron chi connectivity index (χ2n) is 9.93. The molecule has 226 valence electrons. The molecule has 13 heteroatoms. The molecule has 0 unspecified atom stereocenters. The van der Waals surface area contributed by atoms with Crippen LogP contribution in [-0.2, 0) is 16.1 Å². The molecule has 41 heavy (non-hydrogen) atoms. The van der Waals surface area contributed by atoms with E-state index in [2.05, 4.69) is 59.9 Å². The van der Waals surface area contributed by atoms with Crippen molar-refractivity contribution in [2.75, 3.05) is 17.7 Å². The molecular weight excluding hydrogens is 530 g/mol. The van der Waals surface area contributed by atoms with Crippen LogP contribution in [0.25, 0.3) is 11.2 Å². The minimum Gasteiger partial charge on any atom is -0.481 e. The summed E-state index contributed by atoms with van der Waals surface area (Å²) in [6.45, 7) is 11.4. The molecule has 0 fully saturated rings. The van der Waals surface area contributed by atoms with Gasteiger partial charge in [-0.1, -0.05) is 34.6 Å². The number of carboxylic acid groups (broad SMARTS) is 1. The van der Waals surface area contributed by atoms with Gasteiger partial charge in [0.15, 0.2) is 11.2 Å². The monoisotopic (exact) mass is 573 g/mol. The number of carbonyl (C=O) groups is 3. The number of amides is 1. The van der Waals surface area contributed by atoms with Gasteiger partial charge in [0.2, 0.25) is 11.9 Å². The van der Waals surface area contributed by atoms with Gasteiger partial charge in [-0.05, 0) is 48.9 Å². The van der Waals surface area contributed by atoms with E-state index in [1.54, 1.807) is 24.3 Å². The molecule has 8 N–H and O–H groups in total. The van der Waals surface area contributed by atoms with E-state index in [4.69, 9.17) is 21.7 Å². The van der Waals surface area contributed by atoms with Crippen molar-refractivity contribution in [2.45, 2.75) is 66.8 Å². The Kier molecular flexibility index (Phi) is 18.3. The quantitative estimate of drug-likeness (QED) is 0.193. The van der Waals surface area contributed by atoms with Crippen LogP contribution < -0.4 is 22.3 Å². The zero-order valence-corrected chi connectivity index (χ0v) is 24.4. The summed E-state index contributed by atoms with van der Waals surface area (Å²) in [6, 6.07) is 6.98. The van der Waals surface area contributed by atoms with Crippen LogP contribution in [0.2, 0.25) is 0 Å². The molecule has 0 radical (unpaired) electrons. The minimum absolute atomic E-state index is 0.00735. The Hall–Kier alpha value is -4.39. The van der Waals surface area contributed by atoms with Gasteiger partial charge in [0.05, 0.1) is 18.4 Å². The van der Waals surface area contributed by atoms with E-state index < -0.39 is 17.4 Å². The van der Waals surface area contributed by atoms with E-state index in [9.17, 15) is 19.2 Å². The average molecular weight is 574 g/mol. The number of aldehydes is 1. The fraction of sp³-hybridized carbons (Fsp3) is 0.464. The van der Waals surface area contributed by atoms with E-state index in [1.165, 1.54) is 6.20 Å². The van der Waals surface area contributed by atoms with E-state index in [-0.39, 0.29) is 30.0 Å². The Morgan fingerprint density at radius 2 is 1.68 bits per heavy atom. The minimum atomic E-state index is -0.892. The largest absolute Gasteiger partial charge is 0.481 e. The van der Waals surface area contributed by atoms with Crippen molar-refractivity contribution in [3.8, 4) is 0 Å². The van der Waals surface area contributed by atoms with Gasteiger partial charge in [-0.3, -0.25) is 24.2 Å². The number of aromatic nitrogens is 4. The number of aromatic amines is 1. The number of nitrogens with two attached hydrogens (primary N) is 2. The van der Waals surface area contributed by atoms with Gasteiger partial charge in [0, 0.05) is 30.7 Å². The lowest BCUT2D eigenvalue weighted by Crippen LogP contribution is -2.15. The molecule has 0 bridgehead atoms. The number of H-pyrrole nitrogens is 1. The molecule has 0 atom stereocenters. The zero-order valence-electron chi connectivity index (χ0n) is 24.4. The van der Waals surface area contributed by atoms with Crippen LogP contribution in [0, 0.1) is 11.8 Å². The molecule has 3 aromatic rings. The Morgan fingerprint density at radius 1 is 1.07 bits per heavy atom. The normalized spacial score (nSPS) is 9.95. The van der Waals surface area contributed by atoms with Gasteiger partial charge in [0.25, 0.3) is 5.56 Å². The number of aliphatic carboxylic acids is 1. The average Bonchev–Trinajstić information content (AvgIpc) is 2.88. The van der Waals surface area contributed by atoms with Crippen molar-refractivity contribution in [1.82, 2.24) is 19.9 Å². The molecule has 0 aliphatic carbocycles. The number of rotatable bonds is 10. The molecule has 13 nitrogen and oxygen atoms in total. The molecule has 0 saturated heterocycles. The number of fused-ring (bicyclic) bond motifs is 1. The number of aliphatic hydroxyl groups excluding tert-OH is 1. The predicted molar refractivity (Wildman–Crippen MR) is 159 cm³/mol. The number of anilines is 2. The summed E-state index contributed by atoms with van der Waals surface area (Å²) in [4.78, 5) is 56.8. The van der Waals surface area contributed by atoms with E-state index in [0.717, 1.165) is 24.3 Å². The van der Waals surface area contributed by atoms with Crippen LogP contribution in [0.3, 0.4) is 0 Å². The Labute approximate surface area is 239 Å². The lowest BCUT2D eigenvalue weighted by molar-refractivity contribution is -0.137. The van der Waals surface area contributed by atoms with E-state index in [1.807, 2.05) is 0 Å². The molecule has 0 saturated carbocycles. The molecule has 3 rings (SSSR count). The molecule has 1 amide bonds. The Morgan fingerprint density at radius 3 is 2.15 bits per heavy atom. The van der Waals surface area contributed by atoms with Crippen LogP contribution >= 0.6 is 0 Å². The number of nitrogens with zero attached hydrogens (tertiary/aromatic N) is 3. The van der Waals surface area contributed by atoms with Crippen LogP contribution in [-0.4, -0.2) is 54.9 Å². The number of aliphatic hydroxyl groups is 1. The molecule has 2 heterocycles. The number of carbonyl (C=O) groups excluding carboxylic acids is 2. The molecule has 0 aliphatic rings. The maximum atomic E-state index is 11.8. The first-order valence-corrected chi connectivity index (χ1v) is 13.2. The number of nitrogen functional groups attached to an aromatic ring is 1. The second-order valence-corrected chi connectivity index (χ2v) is 9.93. The lowest BCUT2D eigenvalue weighted by Gasteiger charge is -2.06. The molecule has 1 aromatic carbocycles. The summed E-state index contributed by atoms with van der Waals surface area (Å²) in [6.07, 6.45) is 3.75. The Bertz CT molecular complexity index is 1240. The fourth-order valence-corrected chi connectivity index (χ4v) is 2.60. The van der Waals surface area contributed by atoms with Crippen molar-refractivity contribution in [2.24, 2.45) is 17.6 Å². The SMILES string of the molecule is CC(C)C.CC(C)CCO.NC(=O)CCCC(=O)O.Nc1nc2ncc(CNc3ccc(C=O)cc3)nc2c(=O)[nH]1. The first-order valence-electron chi connectivity index (χ1n) is 13.2. The van der Waals surface area contributed by atoms with Gasteiger partial charge in [0.1, 0.15) is 6.29 Å². The summed E-state index contributed by atoms with van der Waals surface area (Å²) in [5.41, 5.74) is 12.1. The van der Waals surface area contributed by atoms with Gasteiger partial charge in [-0.15, -0.1) is 0 Å². The highest BCUT2D eigenvalue weighted by Crippen LogP contribution is 2.10. The highest BCUT2D eigenvalue weighted by molar-refractivity contribution is 5.76. The standard InChI is InChI=1S/C14H12N6O2.C5H9NO3.C5H12O.C4H10/c15-14-19-12-11(13(22)20-14)18-10(6-17-12)5-16-9-3-1-8(7-21)2-4-9;6-4(7)2-1-3-5(8)9;1-5(2)3-4-6;1-4(2)3/h1-4,6-7,16H,5H2,(H3,15,17,19,20,22);1-3H2,(H2,6,7)(H,8,9);5-6H,3-4H2,1-2H3;4H,1-3H3. The van der Waals surface area contributed by atoms with Gasteiger partial charge in [-0.2, -0.15) is 4.98 Å². The fourth-order valence-electron chi connectivity index (χ4n) is 2.60. The topological polar surface area (TPSA) is 227 Å². The van der Waals surface area contributed by atoms with Crippen molar-refractivity contribution < 1.29 is 24.6 Å². The zero-order chi connectivity index (χ0) is 31.4. The van der Waals surface area contributed by atoms with Crippen LogP contribution in [0.5, 0.6) is 0 Å². The van der Waals surface area contributed by atoms with Crippen LogP contribution in [0.1, 0.15) is 76.4 Å². The summed E-state index contributed by atoms with van der Waals surface area (Å²) >= 11 is 0. The number of primary amides is 1. The third-order valence-corrected chi connectivity index (χ3v) is 4.53. The molecular formula is C28H43N7O6. The maximum absolute atomic E-state index is 11.8. The summed E-state index contributed by atoms with van der Waals surface area (Å²) < 4.78 is 0. The van der Waals surface area contributed by atoms with Crippen molar-refractivity contribution >= 4 is 41.0 Å². The summed E-state index contributed by atoms with van der Waals surface area (Å²) in [5.74, 6) is 0.149. The number of carboxylic acids is 1.